The molecule has 2 aliphatic rings. The third-order valence-corrected chi connectivity index (χ3v) is 5.92. The van der Waals surface area contributed by atoms with Crippen LogP contribution in [0.4, 0.5) is 5.95 Å². The van der Waals surface area contributed by atoms with E-state index in [4.69, 9.17) is 14.2 Å². The zero-order chi connectivity index (χ0) is 24.3. The molecular formula is C26H24N4O5. The Morgan fingerprint density at radius 1 is 0.914 bits per heavy atom. The molecule has 0 amide bonds. The van der Waals surface area contributed by atoms with Gasteiger partial charge in [-0.3, -0.25) is 9.80 Å². The fourth-order valence-electron chi connectivity index (χ4n) is 4.43. The number of aromatic nitrogens is 2. The van der Waals surface area contributed by atoms with E-state index < -0.39 is 17.8 Å². The molecule has 1 spiro atoms. The minimum Gasteiger partial charge on any atom is -0.496 e. The first-order valence-electron chi connectivity index (χ1n) is 11.2. The summed E-state index contributed by atoms with van der Waals surface area (Å²) >= 11 is 0. The molecule has 0 bridgehead atoms. The molecule has 2 aromatic carbocycles. The van der Waals surface area contributed by atoms with Crippen LogP contribution >= 0.6 is 0 Å². The molecule has 1 fully saturated rings. The molecule has 0 atom stereocenters. The monoisotopic (exact) mass is 472 g/mol. The standard InChI is InChI=1S/C26H24N4O5/c1-33-24-20(9-5-10-21(24)19-7-3-2-4-8-19)17-29-15-16-30(25-27-13-6-14-28-25)26(18-29)34-22(31)11-12-23(32)35-26/h2-14H,15-18H2,1H3. The number of hydrogen-bond acceptors (Lipinski definition) is 9. The number of methoxy groups -OCH3 is 1. The topological polar surface area (TPSA) is 94.1 Å². The smallest absolute Gasteiger partial charge is 0.358 e. The second-order valence-electron chi connectivity index (χ2n) is 8.16. The molecule has 9 heteroatoms. The van der Waals surface area contributed by atoms with Gasteiger partial charge in [-0.1, -0.05) is 48.5 Å². The van der Waals surface area contributed by atoms with E-state index in [0.717, 1.165) is 34.6 Å². The number of esters is 2. The van der Waals surface area contributed by atoms with Crippen LogP contribution in [0.2, 0.25) is 0 Å². The largest absolute Gasteiger partial charge is 0.496 e. The van der Waals surface area contributed by atoms with E-state index in [1.165, 1.54) is 0 Å². The zero-order valence-electron chi connectivity index (χ0n) is 19.2. The summed E-state index contributed by atoms with van der Waals surface area (Å²) in [5.41, 5.74) is 2.98. The van der Waals surface area contributed by atoms with E-state index in [9.17, 15) is 9.59 Å². The van der Waals surface area contributed by atoms with Gasteiger partial charge < -0.3 is 14.2 Å². The van der Waals surface area contributed by atoms with Crippen LogP contribution in [0.1, 0.15) is 5.56 Å². The van der Waals surface area contributed by atoms with Crippen LogP contribution in [0.5, 0.6) is 5.75 Å². The molecule has 1 saturated heterocycles. The lowest BCUT2D eigenvalue weighted by Crippen LogP contribution is -2.66. The lowest BCUT2D eigenvalue weighted by molar-refractivity contribution is -0.232. The summed E-state index contributed by atoms with van der Waals surface area (Å²) in [6.07, 6.45) is 5.29. The predicted octanol–water partition coefficient (Wildman–Crippen LogP) is 2.78. The van der Waals surface area contributed by atoms with Crippen molar-refractivity contribution >= 4 is 17.9 Å². The average molecular weight is 473 g/mol. The molecule has 0 unspecified atom stereocenters. The van der Waals surface area contributed by atoms with Crippen molar-refractivity contribution in [1.29, 1.82) is 0 Å². The Morgan fingerprint density at radius 2 is 1.63 bits per heavy atom. The van der Waals surface area contributed by atoms with Crippen molar-refractivity contribution in [2.75, 3.05) is 31.6 Å². The lowest BCUT2D eigenvalue weighted by Gasteiger charge is -2.47. The summed E-state index contributed by atoms with van der Waals surface area (Å²) in [5.74, 6) is -2.00. The van der Waals surface area contributed by atoms with Gasteiger partial charge in [-0.15, -0.1) is 0 Å². The summed E-state index contributed by atoms with van der Waals surface area (Å²) in [7, 11) is 1.65. The lowest BCUT2D eigenvalue weighted by atomic mass is 10.0. The Bertz CT molecular complexity index is 1230. The number of ether oxygens (including phenoxy) is 3. The molecule has 3 aromatic rings. The van der Waals surface area contributed by atoms with Crippen LogP contribution in [0, 0.1) is 0 Å². The van der Waals surface area contributed by atoms with Gasteiger partial charge in [-0.2, -0.15) is 0 Å². The van der Waals surface area contributed by atoms with E-state index in [1.807, 2.05) is 48.5 Å². The molecule has 0 N–H and O–H groups in total. The minimum absolute atomic E-state index is 0.100. The quantitative estimate of drug-likeness (QED) is 0.520. The van der Waals surface area contributed by atoms with Gasteiger partial charge in [0.2, 0.25) is 5.95 Å². The summed E-state index contributed by atoms with van der Waals surface area (Å²) in [5, 5.41) is 0. The van der Waals surface area contributed by atoms with Crippen molar-refractivity contribution in [3.05, 3.63) is 84.7 Å². The van der Waals surface area contributed by atoms with E-state index in [0.29, 0.717) is 25.6 Å². The fraction of sp³-hybridized carbons (Fsp3) is 0.231. The van der Waals surface area contributed by atoms with Crippen LogP contribution in [0.15, 0.2) is 79.1 Å². The summed E-state index contributed by atoms with van der Waals surface area (Å²) < 4.78 is 17.2. The maximum absolute atomic E-state index is 12.4. The molecule has 0 aliphatic carbocycles. The molecule has 1 aromatic heterocycles. The van der Waals surface area contributed by atoms with Crippen LogP contribution in [-0.4, -0.2) is 59.5 Å². The number of carbonyl (C=O) groups excluding carboxylic acids is 2. The van der Waals surface area contributed by atoms with Gasteiger partial charge in [0.15, 0.2) is 0 Å². The Hall–Kier alpha value is -4.24. The Morgan fingerprint density at radius 3 is 2.31 bits per heavy atom. The average Bonchev–Trinajstić information content (AvgIpc) is 3.02. The van der Waals surface area contributed by atoms with E-state index in [-0.39, 0.29) is 6.54 Å². The highest BCUT2D eigenvalue weighted by Gasteiger charge is 2.51. The number of rotatable bonds is 5. The van der Waals surface area contributed by atoms with Gasteiger partial charge in [0.25, 0.3) is 0 Å². The van der Waals surface area contributed by atoms with E-state index >= 15 is 0 Å². The van der Waals surface area contributed by atoms with Gasteiger partial charge in [-0.25, -0.2) is 19.6 Å². The molecule has 35 heavy (non-hydrogen) atoms. The molecular weight excluding hydrogens is 448 g/mol. The molecule has 5 rings (SSSR count). The van der Waals surface area contributed by atoms with Crippen LogP contribution < -0.4 is 9.64 Å². The highest BCUT2D eigenvalue weighted by molar-refractivity contribution is 5.93. The van der Waals surface area contributed by atoms with Crippen molar-refractivity contribution in [3.8, 4) is 16.9 Å². The minimum atomic E-state index is -1.71. The van der Waals surface area contributed by atoms with Crippen molar-refractivity contribution in [3.63, 3.8) is 0 Å². The number of carbonyl (C=O) groups is 2. The Kier molecular flexibility index (Phi) is 6.15. The van der Waals surface area contributed by atoms with Crippen molar-refractivity contribution in [2.24, 2.45) is 0 Å². The highest BCUT2D eigenvalue weighted by Crippen LogP contribution is 2.36. The first kappa shape index (κ1) is 22.5. The van der Waals surface area contributed by atoms with Crippen LogP contribution in [0.25, 0.3) is 11.1 Å². The predicted molar refractivity (Wildman–Crippen MR) is 127 cm³/mol. The van der Waals surface area contributed by atoms with Gasteiger partial charge in [-0.05, 0) is 11.6 Å². The fourth-order valence-corrected chi connectivity index (χ4v) is 4.43. The number of anilines is 1. The first-order chi connectivity index (χ1) is 17.1. The molecule has 3 heterocycles. The zero-order valence-corrected chi connectivity index (χ0v) is 19.2. The van der Waals surface area contributed by atoms with Gasteiger partial charge in [0.1, 0.15) is 5.75 Å². The van der Waals surface area contributed by atoms with Crippen molar-refractivity contribution < 1.29 is 23.8 Å². The number of piperazine rings is 1. The number of benzene rings is 2. The van der Waals surface area contributed by atoms with E-state index in [1.54, 1.807) is 30.5 Å². The van der Waals surface area contributed by atoms with Crippen LogP contribution in [-0.2, 0) is 25.6 Å². The third-order valence-electron chi connectivity index (χ3n) is 5.92. The molecule has 2 aliphatic heterocycles. The van der Waals surface area contributed by atoms with Gasteiger partial charge >= 0.3 is 17.8 Å². The molecule has 0 radical (unpaired) electrons. The third kappa shape index (κ3) is 4.58. The van der Waals surface area contributed by atoms with Crippen LogP contribution in [0.3, 0.4) is 0 Å². The Labute approximate surface area is 202 Å². The number of hydrogen-bond donors (Lipinski definition) is 0. The summed E-state index contributed by atoms with van der Waals surface area (Å²) in [6.45, 7) is 1.53. The highest BCUT2D eigenvalue weighted by atomic mass is 16.8. The maximum Gasteiger partial charge on any atom is 0.358 e. The second-order valence-corrected chi connectivity index (χ2v) is 8.16. The molecule has 9 nitrogen and oxygen atoms in total. The summed E-state index contributed by atoms with van der Waals surface area (Å²) in [6, 6.07) is 17.7. The van der Waals surface area contributed by atoms with Gasteiger partial charge in [0, 0.05) is 55.3 Å². The summed E-state index contributed by atoms with van der Waals surface area (Å²) in [4.78, 5) is 37.0. The van der Waals surface area contributed by atoms with E-state index in [2.05, 4.69) is 14.9 Å². The van der Waals surface area contributed by atoms with Crippen molar-refractivity contribution in [1.82, 2.24) is 14.9 Å². The Balaban J connectivity index is 1.47. The van der Waals surface area contributed by atoms with Gasteiger partial charge in [0.05, 0.1) is 13.7 Å². The first-order valence-corrected chi connectivity index (χ1v) is 11.2. The number of nitrogens with zero attached hydrogens (tertiary/aromatic N) is 4. The second kappa shape index (κ2) is 9.55. The molecule has 178 valence electrons. The van der Waals surface area contributed by atoms with Crippen molar-refractivity contribution in [2.45, 2.75) is 12.5 Å². The number of para-hydroxylation sites is 1. The maximum atomic E-state index is 12.4. The SMILES string of the molecule is COc1c(CN2CCN(c3ncccn3)C3(C2)OC(=O)C=CC(=O)O3)cccc1-c1ccccc1. The normalized spacial score (nSPS) is 17.6. The molecule has 0 saturated carbocycles.